The molecule has 0 radical (unpaired) electrons. The van der Waals surface area contributed by atoms with Crippen molar-refractivity contribution < 1.29 is 74.9 Å². The van der Waals surface area contributed by atoms with Gasteiger partial charge in [-0.2, -0.15) is 26.3 Å². The van der Waals surface area contributed by atoms with Crippen molar-refractivity contribution in [1.29, 1.82) is 0 Å². The number of halogens is 6. The molecule has 328 valence electrons. The van der Waals surface area contributed by atoms with E-state index in [1.165, 1.54) is 9.13 Å². The number of nitro groups is 2. The Morgan fingerprint density at radius 1 is 0.597 bits per heavy atom. The first kappa shape index (κ1) is 46.2. The van der Waals surface area contributed by atoms with Crippen LogP contribution in [0.3, 0.4) is 0 Å². The number of hydrogen-bond acceptors (Lipinski definition) is 10. The molecule has 0 aliphatic carbocycles. The van der Waals surface area contributed by atoms with E-state index in [2.05, 4.69) is 9.47 Å². The molecule has 6 rings (SSSR count). The van der Waals surface area contributed by atoms with Crippen LogP contribution in [0.1, 0.15) is 22.3 Å². The van der Waals surface area contributed by atoms with Crippen LogP contribution in [0.15, 0.2) is 109 Å². The van der Waals surface area contributed by atoms with Gasteiger partial charge < -0.3 is 38.3 Å². The van der Waals surface area contributed by atoms with E-state index in [-0.39, 0.29) is 46.3 Å². The van der Waals surface area contributed by atoms with Crippen LogP contribution in [0.4, 0.5) is 37.7 Å². The highest BCUT2D eigenvalue weighted by molar-refractivity contribution is 5.94. The van der Waals surface area contributed by atoms with Crippen molar-refractivity contribution in [3.63, 3.8) is 0 Å². The van der Waals surface area contributed by atoms with Crippen LogP contribution in [0.5, 0.6) is 0 Å². The summed E-state index contributed by atoms with van der Waals surface area (Å²) >= 11 is 0. The molecular weight excluding hydrogens is 842 g/mol. The fourth-order valence-corrected chi connectivity index (χ4v) is 6.69. The van der Waals surface area contributed by atoms with Gasteiger partial charge in [0.15, 0.2) is 0 Å². The molecule has 62 heavy (non-hydrogen) atoms. The molecule has 0 aliphatic heterocycles. The molecule has 2 atom stereocenters. The van der Waals surface area contributed by atoms with Crippen molar-refractivity contribution in [3.05, 3.63) is 152 Å². The van der Waals surface area contributed by atoms with E-state index in [0.717, 1.165) is 63.0 Å². The fourth-order valence-electron chi connectivity index (χ4n) is 6.69. The molecule has 0 aliphatic rings. The smallest absolute Gasteiger partial charge is 0.432 e. The average molecular weight is 877 g/mol. The van der Waals surface area contributed by atoms with Crippen molar-refractivity contribution in [2.45, 2.75) is 36.6 Å². The van der Waals surface area contributed by atoms with Gasteiger partial charge in [-0.05, 0) is 23.3 Å². The number of aliphatic carboxylic acids is 2. The first-order valence-corrected chi connectivity index (χ1v) is 17.7. The van der Waals surface area contributed by atoms with E-state index in [4.69, 9.17) is 9.47 Å². The molecule has 0 spiro atoms. The molecule has 2 unspecified atom stereocenters. The maximum absolute atomic E-state index is 14.1. The molecule has 0 amide bonds. The van der Waals surface area contributed by atoms with Crippen molar-refractivity contribution in [2.75, 3.05) is 27.8 Å². The summed E-state index contributed by atoms with van der Waals surface area (Å²) in [5, 5.41) is 41.4. The first-order valence-electron chi connectivity index (χ1n) is 17.7. The lowest BCUT2D eigenvalue weighted by Gasteiger charge is -2.31. The second kappa shape index (κ2) is 18.4. The van der Waals surface area contributed by atoms with Gasteiger partial charge in [0.05, 0.1) is 20.9 Å². The largest absolute Gasteiger partial charge is 0.479 e. The number of carboxylic acid groups (broad SMARTS) is 2. The van der Waals surface area contributed by atoms with Gasteiger partial charge in [-0.3, -0.25) is 20.2 Å². The number of hydrogen-bond donors (Lipinski definition) is 2. The maximum Gasteiger partial charge on any atom is 0.432 e. The lowest BCUT2D eigenvalue weighted by atomic mass is 9.92. The van der Waals surface area contributed by atoms with Crippen molar-refractivity contribution >= 4 is 45.1 Å². The molecule has 16 nitrogen and oxygen atoms in total. The molecule has 0 saturated heterocycles. The molecule has 0 bridgehead atoms. The van der Waals surface area contributed by atoms with Gasteiger partial charge in [0, 0.05) is 85.9 Å². The van der Waals surface area contributed by atoms with E-state index < -0.39 is 70.1 Å². The second-order valence-corrected chi connectivity index (χ2v) is 13.3. The van der Waals surface area contributed by atoms with Crippen LogP contribution in [0.25, 0.3) is 21.8 Å². The van der Waals surface area contributed by atoms with Gasteiger partial charge in [0.25, 0.3) is 22.6 Å². The Morgan fingerprint density at radius 2 is 0.935 bits per heavy atom. The number of fused-ring (bicyclic) bond motifs is 2. The van der Waals surface area contributed by atoms with Crippen LogP contribution in [0.2, 0.25) is 0 Å². The third kappa shape index (κ3) is 8.93. The zero-order chi connectivity index (χ0) is 45.6. The lowest BCUT2D eigenvalue weighted by Crippen LogP contribution is -2.51. The number of ether oxygens (including phenoxy) is 4. The highest BCUT2D eigenvalue weighted by Crippen LogP contribution is 2.48. The molecule has 0 fully saturated rings. The summed E-state index contributed by atoms with van der Waals surface area (Å²) in [4.78, 5) is 44.9. The Kier molecular flexibility index (Phi) is 13.7. The number of carbonyl (C=O) groups is 2. The summed E-state index contributed by atoms with van der Waals surface area (Å²) < 4.78 is 106. The summed E-state index contributed by atoms with van der Waals surface area (Å²) in [5.74, 6) is -4.57. The van der Waals surface area contributed by atoms with Gasteiger partial charge in [0.1, 0.15) is 13.6 Å². The number of aromatic nitrogens is 2. The monoisotopic (exact) mass is 876 g/mol. The number of nitro benzene ring substituents is 2. The standard InChI is InChI=1S/2C20H17F3N2O6/c2*1-30-12-31-19(18(26)27,20(21,22)23)16-11-24(10-13-5-3-2-4-6-13)17-9-14(25(28)29)7-8-15(16)17/h2*2-9,11H,10,12H2,1H3,(H,26,27). The Bertz CT molecular complexity index is 2400. The van der Waals surface area contributed by atoms with Crippen molar-refractivity contribution in [3.8, 4) is 0 Å². The van der Waals surface area contributed by atoms with Crippen LogP contribution in [-0.2, 0) is 52.8 Å². The Labute approximate surface area is 345 Å². The van der Waals surface area contributed by atoms with Gasteiger partial charge in [-0.1, -0.05) is 60.7 Å². The number of non-ortho nitro benzene ring substituents is 2. The second-order valence-electron chi connectivity index (χ2n) is 13.3. The topological polar surface area (TPSA) is 208 Å². The van der Waals surface area contributed by atoms with E-state index >= 15 is 0 Å². The predicted octanol–water partition coefficient (Wildman–Crippen LogP) is 8.12. The summed E-state index contributed by atoms with van der Waals surface area (Å²) in [7, 11) is 2.12. The molecule has 2 heterocycles. The highest BCUT2D eigenvalue weighted by Gasteiger charge is 2.66. The summed E-state index contributed by atoms with van der Waals surface area (Å²) in [6.07, 6.45) is -8.71. The van der Waals surface area contributed by atoms with Crippen molar-refractivity contribution in [1.82, 2.24) is 9.13 Å². The van der Waals surface area contributed by atoms with Crippen LogP contribution in [0, 0.1) is 20.2 Å². The zero-order valence-corrected chi connectivity index (χ0v) is 32.3. The molecule has 6 aromatic rings. The van der Waals surface area contributed by atoms with Gasteiger partial charge >= 0.3 is 24.3 Å². The summed E-state index contributed by atoms with van der Waals surface area (Å²) in [6.45, 7) is -1.78. The SMILES string of the molecule is COCOC(C(=O)O)(c1cn(Cc2ccccc2)c2cc([N+](=O)[O-])ccc12)C(F)(F)F.COCOC(C(=O)O)(c1cn(Cc2ccccc2)c2cc([N+](=O)[O-])ccc12)C(F)(F)F. The van der Waals surface area contributed by atoms with E-state index in [1.54, 1.807) is 60.7 Å². The molecule has 2 N–H and O–H groups in total. The number of benzene rings is 4. The number of carboxylic acids is 2. The third-order valence-electron chi connectivity index (χ3n) is 9.49. The molecule has 22 heteroatoms. The third-order valence-corrected chi connectivity index (χ3v) is 9.49. The maximum atomic E-state index is 14.1. The first-order chi connectivity index (χ1) is 29.2. The summed E-state index contributed by atoms with van der Waals surface area (Å²) in [5.41, 5.74) is -8.07. The van der Waals surface area contributed by atoms with Crippen LogP contribution in [-0.4, -0.2) is 81.3 Å². The average Bonchev–Trinajstić information content (AvgIpc) is 3.75. The predicted molar refractivity (Wildman–Crippen MR) is 205 cm³/mol. The van der Waals surface area contributed by atoms with Gasteiger partial charge in [0.2, 0.25) is 0 Å². The quantitative estimate of drug-likeness (QED) is 0.0409. The minimum absolute atomic E-state index is 0.0519. The van der Waals surface area contributed by atoms with Crippen LogP contribution >= 0.6 is 0 Å². The Hall–Kier alpha value is -6.88. The van der Waals surface area contributed by atoms with Crippen LogP contribution < -0.4 is 0 Å². The summed E-state index contributed by atoms with van der Waals surface area (Å²) in [6, 6.07) is 23.7. The van der Waals surface area contributed by atoms with E-state index in [9.17, 15) is 66.4 Å². The van der Waals surface area contributed by atoms with Gasteiger partial charge in [-0.15, -0.1) is 0 Å². The van der Waals surface area contributed by atoms with Crippen molar-refractivity contribution in [2.24, 2.45) is 0 Å². The number of methoxy groups -OCH3 is 2. The zero-order valence-electron chi connectivity index (χ0n) is 32.3. The molecule has 2 aromatic heterocycles. The highest BCUT2D eigenvalue weighted by atomic mass is 19.4. The number of rotatable bonds is 16. The fraction of sp³-hybridized carbons (Fsp3) is 0.250. The molecular formula is C40H34F6N4O12. The van der Waals surface area contributed by atoms with Gasteiger partial charge in [-0.25, -0.2) is 9.59 Å². The Morgan fingerprint density at radius 3 is 1.21 bits per heavy atom. The number of nitrogens with zero attached hydrogens (tertiary/aromatic N) is 4. The lowest BCUT2D eigenvalue weighted by molar-refractivity contribution is -0.384. The minimum atomic E-state index is -5.36. The molecule has 4 aromatic carbocycles. The van der Waals surface area contributed by atoms with E-state index in [1.807, 2.05) is 0 Å². The number of alkyl halides is 6. The molecule has 0 saturated carbocycles. The minimum Gasteiger partial charge on any atom is -0.479 e. The normalized spacial score (nSPS) is 13.8. The Balaban J connectivity index is 0.000000234. The van der Waals surface area contributed by atoms with E-state index in [0.29, 0.717) is 11.1 Å².